The molecule has 2 rings (SSSR count). The van der Waals surface area contributed by atoms with Crippen molar-refractivity contribution in [2.75, 3.05) is 0 Å². The first-order chi connectivity index (χ1) is 8.66. The Kier molecular flexibility index (Phi) is 3.43. The molecule has 90 valence electrons. The summed E-state index contributed by atoms with van der Waals surface area (Å²) in [7, 11) is 0. The molecule has 0 spiro atoms. The molecule has 0 saturated heterocycles. The topological polar surface area (TPSA) is 76.9 Å². The van der Waals surface area contributed by atoms with Crippen LogP contribution in [0, 0.1) is 0 Å². The van der Waals surface area contributed by atoms with Crippen LogP contribution in [0.1, 0.15) is 20.8 Å². The second kappa shape index (κ2) is 5.18. The number of hydrogen-bond donors (Lipinski definition) is 1. The molecule has 1 heterocycles. The second-order valence-corrected chi connectivity index (χ2v) is 3.77. The molecule has 2 N–H and O–H groups in total. The lowest BCUT2D eigenvalue weighted by Gasteiger charge is -1.98. The van der Waals surface area contributed by atoms with Gasteiger partial charge >= 0.3 is 0 Å². The molecule has 5 nitrogen and oxygen atoms in total. The highest BCUT2D eigenvalue weighted by atomic mass is 16.1. The maximum absolute atomic E-state index is 11.9. The minimum atomic E-state index is -0.614. The molecule has 0 saturated carbocycles. The summed E-state index contributed by atoms with van der Waals surface area (Å²) in [5.74, 6) is -0.654. The van der Waals surface area contributed by atoms with E-state index in [1.165, 1.54) is 12.4 Å². The Morgan fingerprint density at radius 2 is 1.94 bits per heavy atom. The van der Waals surface area contributed by atoms with Gasteiger partial charge in [-0.05, 0) is 0 Å². The highest BCUT2D eigenvalue weighted by molar-refractivity contribution is 5.95. The third kappa shape index (κ3) is 2.76. The Morgan fingerprint density at radius 3 is 2.61 bits per heavy atom. The summed E-state index contributed by atoms with van der Waals surface area (Å²) < 4.78 is 1.59. The van der Waals surface area contributed by atoms with Crippen LogP contribution in [0.2, 0.25) is 0 Å². The van der Waals surface area contributed by atoms with Gasteiger partial charge in [0.2, 0.25) is 18.5 Å². The van der Waals surface area contributed by atoms with Crippen LogP contribution in [0.4, 0.5) is 0 Å². The van der Waals surface area contributed by atoms with Gasteiger partial charge in [0.25, 0.3) is 5.91 Å². The number of Topliss-reactive ketones (excluding diaryl/α,β-unsaturated/α-hetero) is 1. The average Bonchev–Trinajstić information content (AvgIpc) is 2.40. The predicted molar refractivity (Wildman–Crippen MR) is 63.7 cm³/mol. The van der Waals surface area contributed by atoms with Gasteiger partial charge in [-0.3, -0.25) is 9.59 Å². The fraction of sp³-hybridized carbons (Fsp3) is 0.0769. The summed E-state index contributed by atoms with van der Waals surface area (Å²) >= 11 is 0. The van der Waals surface area contributed by atoms with Gasteiger partial charge in [0.1, 0.15) is 0 Å². The molecule has 0 aliphatic rings. The van der Waals surface area contributed by atoms with Crippen LogP contribution in [0.15, 0.2) is 48.9 Å². The summed E-state index contributed by atoms with van der Waals surface area (Å²) in [5, 5.41) is 0. The molecule has 18 heavy (non-hydrogen) atoms. The maximum atomic E-state index is 11.9. The zero-order valence-electron chi connectivity index (χ0n) is 9.61. The first-order valence-corrected chi connectivity index (χ1v) is 5.40. The molecule has 1 aromatic heterocycles. The van der Waals surface area contributed by atoms with E-state index in [2.05, 4.69) is 4.98 Å². The number of carbonyl (C=O) groups is 2. The van der Waals surface area contributed by atoms with E-state index >= 15 is 0 Å². The van der Waals surface area contributed by atoms with Gasteiger partial charge in [-0.2, -0.15) is 4.57 Å². The molecule has 0 radical (unpaired) electrons. The predicted octanol–water partition coefficient (Wildman–Crippen LogP) is 0.351. The van der Waals surface area contributed by atoms with Gasteiger partial charge in [0.15, 0.2) is 11.9 Å². The van der Waals surface area contributed by atoms with Crippen LogP contribution in [-0.4, -0.2) is 16.7 Å². The number of carbonyl (C=O) groups excluding carboxylic acids is 2. The Morgan fingerprint density at radius 1 is 1.22 bits per heavy atom. The number of rotatable bonds is 4. The highest BCUT2D eigenvalue weighted by Crippen LogP contribution is 1.99. The molecule has 0 aliphatic carbocycles. The summed E-state index contributed by atoms with van der Waals surface area (Å²) in [6, 6.07) is 8.96. The standard InChI is InChI=1S/C13H11N3O2/c14-13(18)11-8-16(7-6-15-11)9-12(17)10-4-2-1-3-5-10/h1-8H,9H2,(H-,14,18)/p+1. The van der Waals surface area contributed by atoms with Crippen molar-refractivity contribution in [2.24, 2.45) is 5.73 Å². The number of hydrogen-bond acceptors (Lipinski definition) is 3. The quantitative estimate of drug-likeness (QED) is 0.620. The molecular formula is C13H12N3O2+. The fourth-order valence-electron chi connectivity index (χ4n) is 1.54. The van der Waals surface area contributed by atoms with Crippen molar-refractivity contribution >= 4 is 11.7 Å². The third-order valence-corrected chi connectivity index (χ3v) is 2.43. The average molecular weight is 242 g/mol. The van der Waals surface area contributed by atoms with E-state index in [-0.39, 0.29) is 18.0 Å². The van der Waals surface area contributed by atoms with Crippen molar-refractivity contribution in [3.63, 3.8) is 0 Å². The summed E-state index contributed by atoms with van der Waals surface area (Å²) in [6.07, 6.45) is 4.52. The largest absolute Gasteiger partial charge is 0.364 e. The number of nitrogens with zero attached hydrogens (tertiary/aromatic N) is 2. The van der Waals surface area contributed by atoms with Crippen molar-refractivity contribution in [1.29, 1.82) is 0 Å². The van der Waals surface area contributed by atoms with Gasteiger partial charge in [-0.25, -0.2) is 4.98 Å². The van der Waals surface area contributed by atoms with Crippen LogP contribution in [-0.2, 0) is 6.54 Å². The maximum Gasteiger partial charge on any atom is 0.273 e. The number of nitrogens with two attached hydrogens (primary N) is 1. The monoisotopic (exact) mass is 242 g/mol. The van der Waals surface area contributed by atoms with E-state index in [0.717, 1.165) is 0 Å². The molecule has 0 aliphatic heterocycles. The lowest BCUT2D eigenvalue weighted by atomic mass is 10.1. The number of aromatic nitrogens is 2. The van der Waals surface area contributed by atoms with E-state index in [1.54, 1.807) is 35.0 Å². The van der Waals surface area contributed by atoms with E-state index in [0.29, 0.717) is 5.56 Å². The van der Waals surface area contributed by atoms with Crippen LogP contribution in [0.25, 0.3) is 0 Å². The number of ketones is 1. The third-order valence-electron chi connectivity index (χ3n) is 2.43. The molecule has 1 amide bonds. The van der Waals surface area contributed by atoms with Crippen LogP contribution in [0.3, 0.4) is 0 Å². The van der Waals surface area contributed by atoms with Gasteiger partial charge in [-0.15, -0.1) is 0 Å². The van der Waals surface area contributed by atoms with Crippen molar-refractivity contribution in [2.45, 2.75) is 6.54 Å². The van der Waals surface area contributed by atoms with Gasteiger partial charge in [-0.1, -0.05) is 30.3 Å². The fourth-order valence-corrected chi connectivity index (χ4v) is 1.54. The lowest BCUT2D eigenvalue weighted by Crippen LogP contribution is -2.39. The smallest absolute Gasteiger partial charge is 0.273 e. The zero-order valence-corrected chi connectivity index (χ0v) is 9.61. The van der Waals surface area contributed by atoms with Gasteiger partial charge < -0.3 is 5.73 Å². The summed E-state index contributed by atoms with van der Waals surface area (Å²) in [6.45, 7) is 0.146. The first-order valence-electron chi connectivity index (χ1n) is 5.40. The Hall–Kier alpha value is -2.56. The number of benzene rings is 1. The Balaban J connectivity index is 2.17. The van der Waals surface area contributed by atoms with Crippen LogP contribution < -0.4 is 10.3 Å². The molecule has 2 aromatic rings. The normalized spacial score (nSPS) is 10.0. The van der Waals surface area contributed by atoms with Crippen molar-refractivity contribution in [3.05, 3.63) is 60.2 Å². The van der Waals surface area contributed by atoms with E-state index in [9.17, 15) is 9.59 Å². The van der Waals surface area contributed by atoms with E-state index < -0.39 is 5.91 Å². The van der Waals surface area contributed by atoms with Crippen molar-refractivity contribution < 1.29 is 14.2 Å². The van der Waals surface area contributed by atoms with Crippen molar-refractivity contribution in [3.8, 4) is 0 Å². The minimum Gasteiger partial charge on any atom is -0.364 e. The van der Waals surface area contributed by atoms with Crippen LogP contribution >= 0.6 is 0 Å². The van der Waals surface area contributed by atoms with Crippen molar-refractivity contribution in [1.82, 2.24) is 4.98 Å². The summed E-state index contributed by atoms with van der Waals surface area (Å²) in [4.78, 5) is 26.7. The minimum absolute atomic E-state index is 0.0396. The van der Waals surface area contributed by atoms with E-state index in [4.69, 9.17) is 5.73 Å². The van der Waals surface area contributed by atoms with E-state index in [1.807, 2.05) is 6.07 Å². The Labute approximate surface area is 104 Å². The molecular weight excluding hydrogens is 230 g/mol. The molecule has 0 bridgehead atoms. The molecule has 0 unspecified atom stereocenters. The summed E-state index contributed by atoms with van der Waals surface area (Å²) in [5.41, 5.74) is 5.89. The Bertz CT molecular complexity index is 582. The molecule has 0 fully saturated rings. The lowest BCUT2D eigenvalue weighted by molar-refractivity contribution is -0.683. The molecule has 1 aromatic carbocycles. The van der Waals surface area contributed by atoms with Crippen LogP contribution in [0.5, 0.6) is 0 Å². The highest BCUT2D eigenvalue weighted by Gasteiger charge is 2.14. The van der Waals surface area contributed by atoms with Gasteiger partial charge in [0, 0.05) is 5.56 Å². The SMILES string of the molecule is NC(=O)c1c[n+](CC(=O)c2ccccc2)ccn1. The molecule has 5 heteroatoms. The zero-order chi connectivity index (χ0) is 13.0. The van der Waals surface area contributed by atoms with Gasteiger partial charge in [0.05, 0.1) is 6.20 Å². The number of amides is 1. The molecule has 0 atom stereocenters. The number of primary amides is 1. The first kappa shape index (κ1) is 11.9. The second-order valence-electron chi connectivity index (χ2n) is 3.77.